The molecular formula is C12H22N4O3. The second kappa shape index (κ2) is 5.56. The van der Waals surface area contributed by atoms with Crippen LogP contribution in [0.1, 0.15) is 27.7 Å². The van der Waals surface area contributed by atoms with Crippen molar-refractivity contribution >= 4 is 17.7 Å². The van der Waals surface area contributed by atoms with Gasteiger partial charge in [0.25, 0.3) is 0 Å². The fraction of sp³-hybridized carbons (Fsp3) is 0.750. The van der Waals surface area contributed by atoms with Crippen molar-refractivity contribution in [2.45, 2.75) is 33.7 Å². The number of nitrogens with zero attached hydrogens (tertiary/aromatic N) is 2. The Hall–Kier alpha value is -1.63. The Morgan fingerprint density at radius 1 is 1.32 bits per heavy atom. The molecule has 0 saturated carbocycles. The molecule has 3 N–H and O–H groups in total. The smallest absolute Gasteiger partial charge is 0.312 e. The van der Waals surface area contributed by atoms with E-state index in [0.29, 0.717) is 13.1 Å². The van der Waals surface area contributed by atoms with E-state index in [1.165, 1.54) is 9.80 Å². The van der Waals surface area contributed by atoms with E-state index in [9.17, 15) is 14.4 Å². The number of hydrazine groups is 1. The first kappa shape index (κ1) is 15.4. The predicted molar refractivity (Wildman–Crippen MR) is 69.5 cm³/mol. The van der Waals surface area contributed by atoms with Crippen LogP contribution in [0.15, 0.2) is 0 Å². The number of carbonyl (C=O) groups excluding carboxylic acids is 3. The van der Waals surface area contributed by atoms with Gasteiger partial charge in [0.1, 0.15) is 0 Å². The topological polar surface area (TPSA) is 95.7 Å². The molecule has 19 heavy (non-hydrogen) atoms. The van der Waals surface area contributed by atoms with E-state index >= 15 is 0 Å². The molecule has 0 aromatic heterocycles. The molecule has 1 heterocycles. The summed E-state index contributed by atoms with van der Waals surface area (Å²) in [6.45, 7) is 8.20. The van der Waals surface area contributed by atoms with Gasteiger partial charge in [0.15, 0.2) is 0 Å². The number of hydrogen-bond donors (Lipinski definition) is 2. The number of nitrogens with two attached hydrogens (primary N) is 1. The Kier molecular flexibility index (Phi) is 4.52. The molecule has 1 fully saturated rings. The SMILES string of the molecule is CC(C)N1CCN(CC(C)(C)C(=O)NN)C(=O)C1=O. The van der Waals surface area contributed by atoms with Crippen LogP contribution in [-0.2, 0) is 14.4 Å². The zero-order valence-corrected chi connectivity index (χ0v) is 11.9. The van der Waals surface area contributed by atoms with Crippen LogP contribution in [0.2, 0.25) is 0 Å². The lowest BCUT2D eigenvalue weighted by Gasteiger charge is -2.38. The molecule has 108 valence electrons. The van der Waals surface area contributed by atoms with Crippen LogP contribution in [0.5, 0.6) is 0 Å². The zero-order valence-electron chi connectivity index (χ0n) is 11.9. The quantitative estimate of drug-likeness (QED) is 0.299. The number of rotatable bonds is 4. The zero-order chi connectivity index (χ0) is 14.8. The third kappa shape index (κ3) is 3.23. The normalized spacial score (nSPS) is 17.2. The van der Waals surface area contributed by atoms with Crippen LogP contribution in [0.3, 0.4) is 0 Å². The standard InChI is InChI=1S/C12H22N4O3/c1-8(2)16-6-5-15(9(17)10(16)18)7-12(3,4)11(19)14-13/h8H,5-7,13H2,1-4H3,(H,14,19). The lowest BCUT2D eigenvalue weighted by Crippen LogP contribution is -2.59. The first-order valence-corrected chi connectivity index (χ1v) is 6.31. The summed E-state index contributed by atoms with van der Waals surface area (Å²) in [5, 5.41) is 0. The summed E-state index contributed by atoms with van der Waals surface area (Å²) < 4.78 is 0. The minimum atomic E-state index is -0.829. The van der Waals surface area contributed by atoms with Crippen LogP contribution in [0, 0.1) is 5.41 Å². The monoisotopic (exact) mass is 270 g/mol. The van der Waals surface area contributed by atoms with Gasteiger partial charge < -0.3 is 9.80 Å². The molecule has 0 unspecified atom stereocenters. The molecule has 1 rings (SSSR count). The molecule has 0 spiro atoms. The van der Waals surface area contributed by atoms with Gasteiger partial charge in [0.2, 0.25) is 5.91 Å². The molecule has 0 bridgehead atoms. The van der Waals surface area contributed by atoms with Gasteiger partial charge in [-0.2, -0.15) is 0 Å². The summed E-state index contributed by atoms with van der Waals surface area (Å²) >= 11 is 0. The Morgan fingerprint density at radius 2 is 1.89 bits per heavy atom. The van der Waals surface area contributed by atoms with Crippen molar-refractivity contribution in [1.29, 1.82) is 0 Å². The van der Waals surface area contributed by atoms with E-state index in [-0.39, 0.29) is 18.5 Å². The molecule has 1 saturated heterocycles. The van der Waals surface area contributed by atoms with Gasteiger partial charge in [0.05, 0.1) is 5.41 Å². The third-order valence-electron chi connectivity index (χ3n) is 3.30. The number of amides is 3. The summed E-state index contributed by atoms with van der Waals surface area (Å²) in [7, 11) is 0. The number of carbonyl (C=O) groups is 3. The average Bonchev–Trinajstić information content (AvgIpc) is 2.33. The largest absolute Gasteiger partial charge is 0.332 e. The van der Waals surface area contributed by atoms with Crippen molar-refractivity contribution < 1.29 is 14.4 Å². The number of hydrogen-bond acceptors (Lipinski definition) is 4. The van der Waals surface area contributed by atoms with Crippen molar-refractivity contribution in [2.75, 3.05) is 19.6 Å². The van der Waals surface area contributed by atoms with E-state index < -0.39 is 17.2 Å². The van der Waals surface area contributed by atoms with E-state index in [1.807, 2.05) is 13.8 Å². The van der Waals surface area contributed by atoms with Gasteiger partial charge in [-0.15, -0.1) is 0 Å². The van der Waals surface area contributed by atoms with E-state index in [1.54, 1.807) is 13.8 Å². The molecular weight excluding hydrogens is 248 g/mol. The fourth-order valence-electron chi connectivity index (χ4n) is 2.08. The first-order chi connectivity index (χ1) is 8.70. The van der Waals surface area contributed by atoms with Crippen LogP contribution < -0.4 is 11.3 Å². The maximum Gasteiger partial charge on any atom is 0.312 e. The molecule has 0 aliphatic carbocycles. The number of nitrogens with one attached hydrogen (secondary N) is 1. The second-order valence-electron chi connectivity index (χ2n) is 5.68. The molecule has 7 heteroatoms. The van der Waals surface area contributed by atoms with Gasteiger partial charge in [-0.3, -0.25) is 19.8 Å². The Balaban J connectivity index is 2.76. The molecule has 0 aromatic rings. The Morgan fingerprint density at radius 3 is 2.37 bits per heavy atom. The highest BCUT2D eigenvalue weighted by atomic mass is 16.2. The molecule has 7 nitrogen and oxygen atoms in total. The minimum Gasteiger partial charge on any atom is -0.332 e. The number of piperazine rings is 1. The summed E-state index contributed by atoms with van der Waals surface area (Å²) in [5.41, 5.74) is 1.25. The van der Waals surface area contributed by atoms with Crippen molar-refractivity contribution in [3.05, 3.63) is 0 Å². The average molecular weight is 270 g/mol. The maximum absolute atomic E-state index is 12.0. The van der Waals surface area contributed by atoms with Crippen molar-refractivity contribution in [3.8, 4) is 0 Å². The molecule has 0 radical (unpaired) electrons. The minimum absolute atomic E-state index is 0.000972. The highest BCUT2D eigenvalue weighted by Gasteiger charge is 2.38. The van der Waals surface area contributed by atoms with Gasteiger partial charge in [-0.05, 0) is 27.7 Å². The first-order valence-electron chi connectivity index (χ1n) is 6.31. The third-order valence-corrected chi connectivity index (χ3v) is 3.30. The highest BCUT2D eigenvalue weighted by Crippen LogP contribution is 2.19. The van der Waals surface area contributed by atoms with E-state index in [2.05, 4.69) is 5.43 Å². The van der Waals surface area contributed by atoms with Crippen LogP contribution in [0.25, 0.3) is 0 Å². The summed E-state index contributed by atoms with van der Waals surface area (Å²) in [6, 6.07) is -0.000972. The Bertz CT molecular complexity index is 392. The van der Waals surface area contributed by atoms with Gasteiger partial charge in [-0.25, -0.2) is 5.84 Å². The van der Waals surface area contributed by atoms with Crippen molar-refractivity contribution in [3.63, 3.8) is 0 Å². The van der Waals surface area contributed by atoms with Crippen molar-refractivity contribution in [1.82, 2.24) is 15.2 Å². The summed E-state index contributed by atoms with van der Waals surface area (Å²) in [5.74, 6) is 3.68. The summed E-state index contributed by atoms with van der Waals surface area (Å²) in [4.78, 5) is 38.5. The lowest BCUT2D eigenvalue weighted by molar-refractivity contribution is -0.158. The predicted octanol–water partition coefficient (Wildman–Crippen LogP) is -0.918. The van der Waals surface area contributed by atoms with Gasteiger partial charge in [0, 0.05) is 25.7 Å². The molecule has 1 aliphatic rings. The molecule has 0 atom stereocenters. The van der Waals surface area contributed by atoms with Crippen LogP contribution in [-0.4, -0.2) is 53.2 Å². The van der Waals surface area contributed by atoms with Crippen LogP contribution in [0.4, 0.5) is 0 Å². The van der Waals surface area contributed by atoms with E-state index in [4.69, 9.17) is 5.84 Å². The highest BCUT2D eigenvalue weighted by molar-refractivity contribution is 6.35. The fourth-order valence-corrected chi connectivity index (χ4v) is 2.08. The van der Waals surface area contributed by atoms with Gasteiger partial charge >= 0.3 is 11.8 Å². The van der Waals surface area contributed by atoms with Crippen LogP contribution >= 0.6 is 0 Å². The molecule has 0 aromatic carbocycles. The Labute approximate surface area is 113 Å². The molecule has 3 amide bonds. The van der Waals surface area contributed by atoms with Gasteiger partial charge in [-0.1, -0.05) is 0 Å². The van der Waals surface area contributed by atoms with E-state index in [0.717, 1.165) is 0 Å². The lowest BCUT2D eigenvalue weighted by atomic mass is 9.91. The van der Waals surface area contributed by atoms with Crippen molar-refractivity contribution in [2.24, 2.45) is 11.3 Å². The second-order valence-corrected chi connectivity index (χ2v) is 5.68. The maximum atomic E-state index is 12.0. The summed E-state index contributed by atoms with van der Waals surface area (Å²) in [6.07, 6.45) is 0. The molecule has 1 aliphatic heterocycles.